The molecule has 2 fully saturated rings. The van der Waals surface area contributed by atoms with Crippen LogP contribution in [-0.4, -0.2) is 36.2 Å². The molecule has 3 aliphatic rings. The van der Waals surface area contributed by atoms with Crippen molar-refractivity contribution in [1.82, 2.24) is 0 Å². The number of carboxylic acid groups (broad SMARTS) is 1. The minimum absolute atomic E-state index is 0.00485. The summed E-state index contributed by atoms with van der Waals surface area (Å²) in [6, 6.07) is 2.06. The SMILES string of the molecule is CO[C@H]1CC[C@H](N(c2cc(C3=CCCCC3)sc2C(=O)O)C(=O)[C@H]2CC[C@H](C)CC2)CC1. The Morgan fingerprint density at radius 2 is 1.78 bits per heavy atom. The first-order valence-electron chi connectivity index (χ1n) is 12.4. The quantitative estimate of drug-likeness (QED) is 0.526. The summed E-state index contributed by atoms with van der Waals surface area (Å²) >= 11 is 1.35. The molecule has 5 nitrogen and oxygen atoms in total. The van der Waals surface area contributed by atoms with Crippen molar-refractivity contribution in [2.45, 2.75) is 96.1 Å². The third-order valence-electron chi connectivity index (χ3n) is 7.72. The number of thiophene rings is 1. The van der Waals surface area contributed by atoms with Gasteiger partial charge < -0.3 is 14.7 Å². The Labute approximate surface area is 195 Å². The van der Waals surface area contributed by atoms with E-state index in [0.717, 1.165) is 75.5 Å². The van der Waals surface area contributed by atoms with E-state index in [1.54, 1.807) is 7.11 Å². The van der Waals surface area contributed by atoms with Gasteiger partial charge >= 0.3 is 5.97 Å². The standard InChI is InChI=1S/C26H37NO4S/c1-17-8-10-19(11-9-17)25(28)27(20-12-14-21(31-2)15-13-20)22-16-23(32-24(22)26(29)30)18-6-4-3-5-7-18/h6,16-17,19-21H,3-5,7-15H2,1-2H3,(H,29,30)/t17-,19-,20-,21-. The summed E-state index contributed by atoms with van der Waals surface area (Å²) in [6.07, 6.45) is 14.4. The Kier molecular flexibility index (Phi) is 7.72. The van der Waals surface area contributed by atoms with Crippen LogP contribution in [0.5, 0.6) is 0 Å². The second kappa shape index (κ2) is 10.5. The zero-order valence-electron chi connectivity index (χ0n) is 19.5. The average Bonchev–Trinajstić information content (AvgIpc) is 3.26. The molecule has 0 radical (unpaired) electrons. The normalized spacial score (nSPS) is 28.8. The number of aromatic carboxylic acids is 1. The molecule has 1 heterocycles. The number of anilines is 1. The molecule has 1 aromatic rings. The van der Waals surface area contributed by atoms with Crippen molar-refractivity contribution in [3.63, 3.8) is 0 Å². The first kappa shape index (κ1) is 23.5. The predicted octanol–water partition coefficient (Wildman–Crippen LogP) is 6.52. The first-order valence-corrected chi connectivity index (χ1v) is 13.2. The van der Waals surface area contributed by atoms with Gasteiger partial charge in [0.25, 0.3) is 0 Å². The van der Waals surface area contributed by atoms with E-state index in [2.05, 4.69) is 13.0 Å². The van der Waals surface area contributed by atoms with Gasteiger partial charge in [0, 0.05) is 23.9 Å². The lowest BCUT2D eigenvalue weighted by Gasteiger charge is -2.39. The maximum absolute atomic E-state index is 13.9. The van der Waals surface area contributed by atoms with Crippen LogP contribution in [0.1, 0.15) is 98.5 Å². The highest BCUT2D eigenvalue weighted by molar-refractivity contribution is 7.15. The van der Waals surface area contributed by atoms with Crippen LogP contribution in [0.2, 0.25) is 0 Å². The Morgan fingerprint density at radius 3 is 2.38 bits per heavy atom. The average molecular weight is 460 g/mol. The van der Waals surface area contributed by atoms with Crippen LogP contribution < -0.4 is 4.90 Å². The van der Waals surface area contributed by atoms with Crippen molar-refractivity contribution in [2.75, 3.05) is 12.0 Å². The molecule has 1 amide bonds. The van der Waals surface area contributed by atoms with Gasteiger partial charge in [0.15, 0.2) is 0 Å². The van der Waals surface area contributed by atoms with E-state index < -0.39 is 5.97 Å². The largest absolute Gasteiger partial charge is 0.477 e. The number of hydrogen-bond donors (Lipinski definition) is 1. The van der Waals surface area contributed by atoms with Crippen molar-refractivity contribution in [1.29, 1.82) is 0 Å². The monoisotopic (exact) mass is 459 g/mol. The molecule has 1 N–H and O–H groups in total. The number of rotatable bonds is 6. The Balaban J connectivity index is 1.68. The Hall–Kier alpha value is -1.66. The number of ether oxygens (including phenoxy) is 1. The van der Waals surface area contributed by atoms with E-state index in [1.807, 2.05) is 11.0 Å². The van der Waals surface area contributed by atoms with E-state index in [4.69, 9.17) is 4.74 Å². The number of carboxylic acids is 1. The predicted molar refractivity (Wildman–Crippen MR) is 129 cm³/mol. The highest BCUT2D eigenvalue weighted by Crippen LogP contribution is 2.42. The molecule has 32 heavy (non-hydrogen) atoms. The summed E-state index contributed by atoms with van der Waals surface area (Å²) in [5.74, 6) is -0.106. The summed E-state index contributed by atoms with van der Waals surface area (Å²) in [4.78, 5) is 29.4. The van der Waals surface area contributed by atoms with Gasteiger partial charge in [-0.25, -0.2) is 4.79 Å². The fourth-order valence-corrected chi connectivity index (χ4v) is 6.73. The fourth-order valence-electron chi connectivity index (χ4n) is 5.67. The van der Waals surface area contributed by atoms with Crippen LogP contribution in [0.4, 0.5) is 5.69 Å². The summed E-state index contributed by atoms with van der Waals surface area (Å²) in [5.41, 5.74) is 1.88. The topological polar surface area (TPSA) is 66.8 Å². The third-order valence-corrected chi connectivity index (χ3v) is 8.91. The molecule has 6 heteroatoms. The highest BCUT2D eigenvalue weighted by Gasteiger charge is 2.37. The van der Waals surface area contributed by atoms with Crippen LogP contribution in [0.25, 0.3) is 5.57 Å². The van der Waals surface area contributed by atoms with Gasteiger partial charge in [-0.1, -0.05) is 13.0 Å². The van der Waals surface area contributed by atoms with Crippen molar-refractivity contribution in [3.05, 3.63) is 21.9 Å². The molecule has 176 valence electrons. The summed E-state index contributed by atoms with van der Waals surface area (Å²) in [6.45, 7) is 2.26. The number of methoxy groups -OCH3 is 1. The Bertz CT molecular complexity index is 844. The van der Waals surface area contributed by atoms with Gasteiger partial charge in [0.1, 0.15) is 4.88 Å². The maximum atomic E-state index is 13.9. The maximum Gasteiger partial charge on any atom is 0.348 e. The van der Waals surface area contributed by atoms with Gasteiger partial charge in [-0.2, -0.15) is 0 Å². The van der Waals surface area contributed by atoms with Gasteiger partial charge in [0.2, 0.25) is 5.91 Å². The van der Waals surface area contributed by atoms with E-state index in [9.17, 15) is 14.7 Å². The summed E-state index contributed by atoms with van der Waals surface area (Å²) in [7, 11) is 1.75. The molecule has 0 bridgehead atoms. The number of nitrogens with zero attached hydrogens (tertiary/aromatic N) is 1. The molecule has 3 aliphatic carbocycles. The highest BCUT2D eigenvalue weighted by atomic mass is 32.1. The second-order valence-corrected chi connectivity index (χ2v) is 11.0. The molecule has 0 aliphatic heterocycles. The third kappa shape index (κ3) is 5.12. The Morgan fingerprint density at radius 1 is 1.06 bits per heavy atom. The lowest BCUT2D eigenvalue weighted by Crippen LogP contribution is -2.47. The minimum Gasteiger partial charge on any atom is -0.477 e. The summed E-state index contributed by atoms with van der Waals surface area (Å²) < 4.78 is 5.56. The molecule has 4 rings (SSSR count). The van der Waals surface area contributed by atoms with Crippen molar-refractivity contribution in [2.24, 2.45) is 11.8 Å². The lowest BCUT2D eigenvalue weighted by molar-refractivity contribution is -0.124. The number of carbonyl (C=O) groups is 2. The van der Waals surface area contributed by atoms with Crippen LogP contribution in [-0.2, 0) is 9.53 Å². The van der Waals surface area contributed by atoms with Crippen LogP contribution in [0.3, 0.4) is 0 Å². The molecular formula is C26H37NO4S. The molecule has 1 aromatic heterocycles. The molecule has 2 saturated carbocycles. The zero-order chi connectivity index (χ0) is 22.7. The van der Waals surface area contributed by atoms with Crippen LogP contribution in [0.15, 0.2) is 12.1 Å². The number of carbonyl (C=O) groups excluding carboxylic acids is 1. The molecule has 0 atom stereocenters. The molecule has 0 aromatic carbocycles. The molecule has 0 saturated heterocycles. The summed E-state index contributed by atoms with van der Waals surface area (Å²) in [5, 5.41) is 10.1. The van der Waals surface area contributed by atoms with Crippen molar-refractivity contribution < 1.29 is 19.4 Å². The van der Waals surface area contributed by atoms with Gasteiger partial charge in [0.05, 0.1) is 11.8 Å². The van der Waals surface area contributed by atoms with Crippen molar-refractivity contribution in [3.8, 4) is 0 Å². The van der Waals surface area contributed by atoms with E-state index in [-0.39, 0.29) is 24.0 Å². The van der Waals surface area contributed by atoms with E-state index in [0.29, 0.717) is 16.5 Å². The van der Waals surface area contributed by atoms with Crippen molar-refractivity contribution >= 4 is 34.5 Å². The fraction of sp³-hybridized carbons (Fsp3) is 0.692. The zero-order valence-corrected chi connectivity index (χ0v) is 20.3. The number of allylic oxidation sites excluding steroid dienone is 2. The van der Waals surface area contributed by atoms with Gasteiger partial charge in [-0.05, 0) is 94.6 Å². The number of amides is 1. The second-order valence-electron chi connectivity index (χ2n) is 9.94. The van der Waals surface area contributed by atoms with E-state index >= 15 is 0 Å². The van der Waals surface area contributed by atoms with E-state index in [1.165, 1.54) is 23.3 Å². The van der Waals surface area contributed by atoms with Crippen LogP contribution in [0, 0.1) is 11.8 Å². The smallest absolute Gasteiger partial charge is 0.348 e. The first-order chi connectivity index (χ1) is 15.5. The molecule has 0 spiro atoms. The number of hydrogen-bond acceptors (Lipinski definition) is 4. The molecule has 0 unspecified atom stereocenters. The lowest BCUT2D eigenvalue weighted by atomic mass is 9.81. The van der Waals surface area contributed by atoms with Crippen LogP contribution >= 0.6 is 11.3 Å². The molecular weight excluding hydrogens is 422 g/mol. The minimum atomic E-state index is -0.923. The van der Waals surface area contributed by atoms with Gasteiger partial charge in [-0.15, -0.1) is 11.3 Å². The van der Waals surface area contributed by atoms with Gasteiger partial charge in [-0.3, -0.25) is 4.79 Å².